The third kappa shape index (κ3) is 3.12. The summed E-state index contributed by atoms with van der Waals surface area (Å²) in [6, 6.07) is 0. The lowest BCUT2D eigenvalue weighted by molar-refractivity contribution is -0.140. The molecule has 2 rings (SSSR count). The average molecular weight is 346 g/mol. The van der Waals surface area contributed by atoms with Crippen LogP contribution in [0, 0.1) is 0 Å². The molecule has 0 aromatic rings. The summed E-state index contributed by atoms with van der Waals surface area (Å²) in [7, 11) is 1.42. The smallest absolute Gasteiger partial charge is 0.305 e. The standard InChI is InChI=1S/C13H15IO3/c1-16-13(15)7-3-5-10(14)12-8-9-4-2-6-11(9)17-12/h2,4,6,8,10,12H,3,5,7H2,1H3. The molecule has 0 radical (unpaired) electrons. The summed E-state index contributed by atoms with van der Waals surface area (Å²) in [5.74, 6) is 0.839. The molecule has 0 saturated carbocycles. The lowest BCUT2D eigenvalue weighted by Gasteiger charge is -2.16. The Morgan fingerprint density at radius 2 is 2.47 bits per heavy atom. The van der Waals surface area contributed by atoms with Gasteiger partial charge in [0.25, 0.3) is 0 Å². The van der Waals surface area contributed by atoms with E-state index in [0.717, 1.165) is 18.6 Å². The van der Waals surface area contributed by atoms with Gasteiger partial charge in [-0.05, 0) is 25.0 Å². The first kappa shape index (κ1) is 12.7. The molecule has 0 fully saturated rings. The number of carbonyl (C=O) groups is 1. The Morgan fingerprint density at radius 1 is 1.65 bits per heavy atom. The molecule has 0 aromatic heterocycles. The van der Waals surface area contributed by atoms with Crippen LogP contribution in [-0.4, -0.2) is 23.1 Å². The van der Waals surface area contributed by atoms with Gasteiger partial charge in [0.1, 0.15) is 11.9 Å². The molecule has 0 saturated heterocycles. The van der Waals surface area contributed by atoms with E-state index in [1.165, 1.54) is 12.7 Å². The minimum Gasteiger partial charge on any atom is -0.485 e. The predicted octanol–water partition coefficient (Wildman–Crippen LogP) is 2.91. The molecule has 92 valence electrons. The monoisotopic (exact) mass is 346 g/mol. The van der Waals surface area contributed by atoms with Crippen molar-refractivity contribution in [3.63, 3.8) is 0 Å². The molecule has 0 bridgehead atoms. The molecular formula is C13H15IO3. The summed E-state index contributed by atoms with van der Waals surface area (Å²) in [5.41, 5.74) is 1.18. The van der Waals surface area contributed by atoms with Gasteiger partial charge < -0.3 is 9.47 Å². The molecule has 2 unspecified atom stereocenters. The van der Waals surface area contributed by atoms with Gasteiger partial charge in [0.05, 0.1) is 11.0 Å². The van der Waals surface area contributed by atoms with Crippen LogP contribution in [0.3, 0.4) is 0 Å². The highest BCUT2D eigenvalue weighted by Gasteiger charge is 2.27. The summed E-state index contributed by atoms with van der Waals surface area (Å²) in [6.07, 6.45) is 10.6. The van der Waals surface area contributed by atoms with Gasteiger partial charge in [0.2, 0.25) is 0 Å². The number of methoxy groups -OCH3 is 1. The number of esters is 1. The highest BCUT2D eigenvalue weighted by molar-refractivity contribution is 14.1. The van der Waals surface area contributed by atoms with E-state index in [2.05, 4.69) is 39.5 Å². The Bertz CT molecular complexity index is 395. The van der Waals surface area contributed by atoms with Crippen LogP contribution in [0.4, 0.5) is 0 Å². The van der Waals surface area contributed by atoms with Crippen molar-refractivity contribution in [1.82, 2.24) is 0 Å². The summed E-state index contributed by atoms with van der Waals surface area (Å²) in [5, 5.41) is 0. The molecule has 0 N–H and O–H groups in total. The molecule has 1 aliphatic carbocycles. The number of carbonyl (C=O) groups excluding carboxylic acids is 1. The number of ether oxygens (including phenoxy) is 2. The molecule has 4 heteroatoms. The number of halogens is 1. The minimum absolute atomic E-state index is 0.137. The van der Waals surface area contributed by atoms with Crippen molar-refractivity contribution < 1.29 is 14.3 Å². The number of rotatable bonds is 5. The lowest BCUT2D eigenvalue weighted by atomic mass is 10.1. The summed E-state index contributed by atoms with van der Waals surface area (Å²) in [6.45, 7) is 0. The Kier molecular flexibility index (Phi) is 4.25. The minimum atomic E-state index is -0.137. The van der Waals surface area contributed by atoms with Gasteiger partial charge in [-0.25, -0.2) is 0 Å². The predicted molar refractivity (Wildman–Crippen MR) is 73.9 cm³/mol. The maximum absolute atomic E-state index is 11.0. The van der Waals surface area contributed by atoms with Crippen molar-refractivity contribution in [2.24, 2.45) is 0 Å². The second kappa shape index (κ2) is 5.71. The van der Waals surface area contributed by atoms with Gasteiger partial charge >= 0.3 is 5.97 Å². The molecular weight excluding hydrogens is 331 g/mol. The average Bonchev–Trinajstić information content (AvgIpc) is 2.88. The summed E-state index contributed by atoms with van der Waals surface area (Å²) < 4.78 is 10.8. The highest BCUT2D eigenvalue weighted by Crippen LogP contribution is 2.33. The van der Waals surface area contributed by atoms with E-state index in [9.17, 15) is 4.79 Å². The normalized spacial score (nSPS) is 22.6. The second-order valence-corrected chi connectivity index (χ2v) is 5.68. The van der Waals surface area contributed by atoms with E-state index in [1.807, 2.05) is 12.2 Å². The first-order valence-corrected chi connectivity index (χ1v) is 6.93. The Labute approximate surface area is 115 Å². The van der Waals surface area contributed by atoms with Crippen molar-refractivity contribution in [2.75, 3.05) is 7.11 Å². The zero-order valence-electron chi connectivity index (χ0n) is 9.69. The fourth-order valence-electron chi connectivity index (χ4n) is 1.91. The Hall–Kier alpha value is -0.780. The fraction of sp³-hybridized carbons (Fsp3) is 0.462. The number of alkyl halides is 1. The SMILES string of the molecule is COC(=O)CCCC(I)C1C=C2C=CC=C2O1. The second-order valence-electron chi connectivity index (χ2n) is 4.08. The Balaban J connectivity index is 1.76. The van der Waals surface area contributed by atoms with Crippen LogP contribution in [0.5, 0.6) is 0 Å². The van der Waals surface area contributed by atoms with Gasteiger partial charge in [-0.1, -0.05) is 34.7 Å². The van der Waals surface area contributed by atoms with E-state index < -0.39 is 0 Å². The number of hydrogen-bond donors (Lipinski definition) is 0. The van der Waals surface area contributed by atoms with Crippen LogP contribution in [0.15, 0.2) is 35.6 Å². The molecule has 0 aromatic carbocycles. The molecule has 2 aliphatic rings. The molecule has 3 nitrogen and oxygen atoms in total. The van der Waals surface area contributed by atoms with E-state index in [4.69, 9.17) is 4.74 Å². The maximum Gasteiger partial charge on any atom is 0.305 e. The summed E-state index contributed by atoms with van der Waals surface area (Å²) >= 11 is 2.39. The summed E-state index contributed by atoms with van der Waals surface area (Å²) in [4.78, 5) is 11.0. The van der Waals surface area contributed by atoms with Crippen molar-refractivity contribution in [1.29, 1.82) is 0 Å². The van der Waals surface area contributed by atoms with E-state index in [-0.39, 0.29) is 12.1 Å². The zero-order valence-corrected chi connectivity index (χ0v) is 11.8. The van der Waals surface area contributed by atoms with Gasteiger partial charge in [-0.2, -0.15) is 0 Å². The van der Waals surface area contributed by atoms with E-state index in [0.29, 0.717) is 10.3 Å². The molecule has 0 spiro atoms. The third-order valence-electron chi connectivity index (χ3n) is 2.86. The van der Waals surface area contributed by atoms with Crippen LogP contribution in [-0.2, 0) is 14.3 Å². The quantitative estimate of drug-likeness (QED) is 0.436. The van der Waals surface area contributed by atoms with Gasteiger partial charge in [-0.3, -0.25) is 4.79 Å². The van der Waals surface area contributed by atoms with Gasteiger partial charge in [0, 0.05) is 12.0 Å². The number of hydrogen-bond acceptors (Lipinski definition) is 3. The number of allylic oxidation sites excluding steroid dienone is 3. The highest BCUT2D eigenvalue weighted by atomic mass is 127. The van der Waals surface area contributed by atoms with Crippen LogP contribution >= 0.6 is 22.6 Å². The van der Waals surface area contributed by atoms with Crippen molar-refractivity contribution in [2.45, 2.75) is 29.3 Å². The van der Waals surface area contributed by atoms with Crippen molar-refractivity contribution in [3.05, 3.63) is 35.6 Å². The first-order chi connectivity index (χ1) is 8.20. The zero-order chi connectivity index (χ0) is 12.3. The van der Waals surface area contributed by atoms with Crippen molar-refractivity contribution >= 4 is 28.6 Å². The maximum atomic E-state index is 11.0. The largest absolute Gasteiger partial charge is 0.485 e. The molecule has 1 aliphatic heterocycles. The van der Waals surface area contributed by atoms with Crippen molar-refractivity contribution in [3.8, 4) is 0 Å². The van der Waals surface area contributed by atoms with Gasteiger partial charge in [-0.15, -0.1) is 0 Å². The molecule has 0 amide bonds. The third-order valence-corrected chi connectivity index (χ3v) is 4.19. The van der Waals surface area contributed by atoms with E-state index in [1.54, 1.807) is 0 Å². The van der Waals surface area contributed by atoms with Crippen LogP contribution in [0.1, 0.15) is 19.3 Å². The fourth-order valence-corrected chi connectivity index (χ4v) is 2.70. The van der Waals surface area contributed by atoms with Crippen LogP contribution in [0.2, 0.25) is 0 Å². The number of fused-ring (bicyclic) bond motifs is 1. The molecule has 1 heterocycles. The van der Waals surface area contributed by atoms with E-state index >= 15 is 0 Å². The van der Waals surface area contributed by atoms with Crippen LogP contribution in [0.25, 0.3) is 0 Å². The first-order valence-electron chi connectivity index (χ1n) is 5.69. The molecule has 17 heavy (non-hydrogen) atoms. The Morgan fingerprint density at radius 3 is 3.18 bits per heavy atom. The topological polar surface area (TPSA) is 35.5 Å². The molecule has 2 atom stereocenters. The van der Waals surface area contributed by atoms with Crippen LogP contribution < -0.4 is 0 Å². The van der Waals surface area contributed by atoms with Gasteiger partial charge in [0.15, 0.2) is 0 Å². The lowest BCUT2D eigenvalue weighted by Crippen LogP contribution is -2.18.